The molecule has 0 unspecified atom stereocenters. The van der Waals surface area contributed by atoms with E-state index in [1.54, 1.807) is 127 Å². The van der Waals surface area contributed by atoms with Gasteiger partial charge < -0.3 is 40.1 Å². The van der Waals surface area contributed by atoms with Crippen molar-refractivity contribution < 1.29 is 24.0 Å². The summed E-state index contributed by atoms with van der Waals surface area (Å²) in [7, 11) is 9.66. The molecule has 5 amide bonds. The van der Waals surface area contributed by atoms with Crippen molar-refractivity contribution in [3.8, 4) is 0 Å². The first-order valence-electron chi connectivity index (χ1n) is 47.8. The lowest BCUT2D eigenvalue weighted by atomic mass is 10.1. The predicted molar refractivity (Wildman–Crippen MR) is 575 cm³/mol. The van der Waals surface area contributed by atoms with E-state index < -0.39 is 0 Å². The summed E-state index contributed by atoms with van der Waals surface area (Å²) in [6, 6.07) is 90.8. The highest BCUT2D eigenvalue weighted by Crippen LogP contribution is 2.29. The Morgan fingerprint density at radius 1 is 0.301 bits per heavy atom. The van der Waals surface area contributed by atoms with E-state index in [2.05, 4.69) is 40.9 Å². The summed E-state index contributed by atoms with van der Waals surface area (Å²) in [5.41, 5.74) is 7.93. The lowest BCUT2D eigenvalue weighted by Gasteiger charge is -2.23. The largest absolute Gasteiger partial charge is 0.352 e. The monoisotopic (exact) mass is 1930 g/mol. The molecule has 0 atom stereocenters. The fourth-order valence-electron chi connectivity index (χ4n) is 17.8. The zero-order chi connectivity index (χ0) is 101. The predicted octanol–water partition coefficient (Wildman–Crippen LogP) is 15.6. The molecule has 0 spiro atoms. The third kappa shape index (κ3) is 20.6. The zero-order valence-electron chi connectivity index (χ0n) is 80.9. The number of hydrogen-bond acceptors (Lipinski definition) is 19. The van der Waals surface area contributed by atoms with E-state index in [0.29, 0.717) is 163 Å². The van der Waals surface area contributed by atoms with Gasteiger partial charge in [0, 0.05) is 128 Å². The van der Waals surface area contributed by atoms with E-state index in [0.717, 1.165) is 84.6 Å². The number of imidazole rings is 1. The Bertz CT molecular complexity index is 9140. The van der Waals surface area contributed by atoms with Gasteiger partial charge in [0.15, 0.2) is 28.2 Å². The molecule has 0 aliphatic rings. The van der Waals surface area contributed by atoms with Crippen LogP contribution in [0.5, 0.6) is 0 Å². The molecule has 23 rings (SSSR count). The molecule has 0 aliphatic heterocycles. The molecule has 724 valence electrons. The minimum Gasteiger partial charge on any atom is -0.352 e. The van der Waals surface area contributed by atoms with Crippen LogP contribution in [0.1, 0.15) is 70.0 Å². The van der Waals surface area contributed by atoms with Gasteiger partial charge >= 0.3 is 0 Å². The summed E-state index contributed by atoms with van der Waals surface area (Å²) in [4.78, 5) is 169. The minimum atomic E-state index is -0.268. The van der Waals surface area contributed by atoms with Crippen LogP contribution in [0.4, 0.5) is 0 Å². The minimum absolute atomic E-state index is 0.112. The normalized spacial score (nSPS) is 11.4. The van der Waals surface area contributed by atoms with Crippen LogP contribution in [0, 0.1) is 0 Å². The number of hydrogen-bond donors (Lipinski definition) is 3. The summed E-state index contributed by atoms with van der Waals surface area (Å²) >= 11 is 0. The molecule has 0 saturated carbocycles. The van der Waals surface area contributed by atoms with Crippen molar-refractivity contribution in [2.75, 3.05) is 87.6 Å². The summed E-state index contributed by atoms with van der Waals surface area (Å²) < 4.78 is 9.13. The molecule has 12 heterocycles. The molecule has 146 heavy (non-hydrogen) atoms. The molecule has 0 aliphatic carbocycles. The number of amides is 5. The maximum absolute atomic E-state index is 13.2. The van der Waals surface area contributed by atoms with Gasteiger partial charge in [0.1, 0.15) is 0 Å². The Morgan fingerprint density at radius 3 is 0.938 bits per heavy atom. The smallest absolute Gasteiger partial charge is 0.265 e. The molecule has 3 N–H and O–H groups in total. The first kappa shape index (κ1) is 96.3. The number of rotatable bonds is 21. The number of benzene rings is 11. The highest BCUT2D eigenvalue weighted by Gasteiger charge is 2.25. The first-order valence-corrected chi connectivity index (χ1v) is 47.8. The molecule has 0 saturated heterocycles. The van der Waals surface area contributed by atoms with E-state index in [4.69, 9.17) is 9.97 Å². The summed E-state index contributed by atoms with van der Waals surface area (Å²) in [5, 5.41) is 21.4. The van der Waals surface area contributed by atoms with Crippen LogP contribution in [0.3, 0.4) is 0 Å². The summed E-state index contributed by atoms with van der Waals surface area (Å²) in [5.74, 6) is -1.03. The molecule has 23 aromatic rings. The number of nitrogens with one attached hydrogen (secondary N) is 3. The first-order chi connectivity index (χ1) is 71.1. The summed E-state index contributed by atoms with van der Waals surface area (Å²) in [6.45, 7) is 7.29. The molecule has 0 bridgehead atoms. The van der Waals surface area contributed by atoms with Crippen molar-refractivity contribution in [2.24, 2.45) is 0 Å². The molecule has 0 fully saturated rings. The second-order valence-electron chi connectivity index (χ2n) is 35.8. The van der Waals surface area contributed by atoms with Gasteiger partial charge in [0.2, 0.25) is 0 Å². The maximum Gasteiger partial charge on any atom is 0.265 e. The Labute approximate surface area is 834 Å². The quantitative estimate of drug-likeness (QED) is 0.0563. The van der Waals surface area contributed by atoms with Gasteiger partial charge in [-0.1, -0.05) is 158 Å². The topological polar surface area (TPSA) is 337 Å². The van der Waals surface area contributed by atoms with E-state index >= 15 is 0 Å². The van der Waals surface area contributed by atoms with Crippen LogP contribution in [0.15, 0.2) is 371 Å². The fraction of sp³-hybridized carbons (Fsp3) is 0.147. The van der Waals surface area contributed by atoms with Crippen molar-refractivity contribution in [3.63, 3.8) is 0 Å². The number of nitrogens with zero attached hydrogens (tertiary/aromatic N) is 17. The van der Waals surface area contributed by atoms with E-state index in [1.807, 2.05) is 286 Å². The number of likely N-dealkylation sites (N-methyl/N-ethyl adjacent to an activating group) is 4. The van der Waals surface area contributed by atoms with E-state index in [1.165, 1.54) is 22.0 Å². The van der Waals surface area contributed by atoms with Gasteiger partial charge in [-0.25, -0.2) is 29.9 Å². The van der Waals surface area contributed by atoms with Crippen LogP contribution >= 0.6 is 0 Å². The molecular weight excluding hydrogens is 1830 g/mol. The number of pyridine rings is 6. The van der Waals surface area contributed by atoms with Crippen molar-refractivity contribution in [1.82, 2.24) is 97.0 Å². The van der Waals surface area contributed by atoms with Gasteiger partial charge in [-0.15, -0.1) is 0 Å². The average Bonchev–Trinajstić information content (AvgIpc) is 0.819. The van der Waals surface area contributed by atoms with Crippen LogP contribution in [0.25, 0.3) is 137 Å². The van der Waals surface area contributed by atoms with Crippen molar-refractivity contribution in [3.05, 3.63) is 438 Å². The van der Waals surface area contributed by atoms with Gasteiger partial charge in [-0.05, 0) is 234 Å². The SMILES string of the molecule is CCN(CCN(C)C)C(=O)c1cccn2c(=O)c3cc4ccccc4cc3nc12.CN(C)CCN(C)C(=O)c1cccn2c(=O)c3cc4ccccc4cc3nc12.O=C(NCCc1ccccc1)c1cccn2c(=O)c3cc4ccccc4cc3nc12.O=C(NCCc1ccccn1)c1cccn2c(=O)c3cc4ccccc4cc3nc12.O=C(NCCn1ccnc1)c1cccn2c(=O)c3cc4ccccc4cc3nc12. The molecular formula is C116H100N20O10. The Kier molecular flexibility index (Phi) is 28.3. The number of carbonyl (C=O) groups is 5. The Morgan fingerprint density at radius 2 is 0.610 bits per heavy atom. The summed E-state index contributed by atoms with van der Waals surface area (Å²) in [6.07, 6.45) is 16.6. The van der Waals surface area contributed by atoms with Crippen LogP contribution in [0.2, 0.25) is 0 Å². The molecule has 30 nitrogen and oxygen atoms in total. The van der Waals surface area contributed by atoms with Crippen molar-refractivity contribution in [2.45, 2.75) is 26.3 Å². The standard InChI is InChI=1S/C25H19N3O2.C24H18N4O2.C23H24N4O2.C22H17N5O2.C22H22N4O2/c29-24(26-13-12-17-7-2-1-3-8-17)20-11-6-14-28-23(20)27-22-16-19-10-5-4-9-18(19)15-21(22)25(28)30;29-23(26-12-10-18-8-3-4-11-25-18)19-9-5-13-28-22(19)27-21-15-17-7-2-1-6-16(17)14-20(21)24(28)30;1-4-26(13-12-25(2)3)22(28)18-10-7-11-27-21(18)24-20-15-17-9-6-5-8-16(17)14-19(20)23(27)29;28-21(24-8-11-26-10-7-23-14-26)17-6-3-9-27-20(17)25-19-13-16-5-2-1-4-15(16)12-18(19)22(27)29;1-24(2)11-12-25(3)21(27)17-9-6-10-26-20(17)23-19-14-16-8-5-4-7-15(16)13-18(19)22(26)28/h1-11,14-16H,12-13H2,(H,26,29);1-9,11,13-15H,10,12H2,(H,26,29);5-11,14-15H,4,12-13H2,1-3H3;1-7,9-10,12-14H,8,11H2,(H,24,28);4-10,13-14H,11-12H2,1-3H3. The van der Waals surface area contributed by atoms with Gasteiger partial charge in [0.05, 0.1) is 88.7 Å². The van der Waals surface area contributed by atoms with Crippen LogP contribution < -0.4 is 43.7 Å². The molecule has 11 aromatic carbocycles. The highest BCUT2D eigenvalue weighted by molar-refractivity contribution is 6.08. The average molecular weight is 1930 g/mol. The second kappa shape index (κ2) is 42.9. The van der Waals surface area contributed by atoms with Crippen LogP contribution in [-0.4, -0.2) is 198 Å². The lowest BCUT2D eigenvalue weighted by Crippen LogP contribution is -2.37. The number of fused-ring (bicyclic) bond motifs is 15. The van der Waals surface area contributed by atoms with Crippen LogP contribution in [-0.2, 0) is 19.4 Å². The van der Waals surface area contributed by atoms with Gasteiger partial charge in [0.25, 0.3) is 57.3 Å². The Balaban J connectivity index is 0.000000115. The second-order valence-corrected chi connectivity index (χ2v) is 35.8. The van der Waals surface area contributed by atoms with Gasteiger partial charge in [-0.3, -0.25) is 74.9 Å². The zero-order valence-corrected chi connectivity index (χ0v) is 80.9. The maximum atomic E-state index is 13.2. The number of carbonyl (C=O) groups excluding carboxylic acids is 5. The lowest BCUT2D eigenvalue weighted by molar-refractivity contribution is 0.0753. The van der Waals surface area contributed by atoms with Crippen molar-refractivity contribution >= 4 is 166 Å². The molecule has 12 aromatic heterocycles. The third-order valence-corrected chi connectivity index (χ3v) is 25.6. The van der Waals surface area contributed by atoms with E-state index in [-0.39, 0.29) is 57.3 Å². The number of aromatic nitrogens is 13. The Hall–Kier alpha value is -18.6. The van der Waals surface area contributed by atoms with E-state index in [9.17, 15) is 47.9 Å². The van der Waals surface area contributed by atoms with Crippen molar-refractivity contribution in [1.29, 1.82) is 0 Å². The molecule has 30 heteroatoms. The molecule has 0 radical (unpaired) electrons. The fourth-order valence-corrected chi connectivity index (χ4v) is 17.8. The highest BCUT2D eigenvalue weighted by atomic mass is 16.2. The third-order valence-electron chi connectivity index (χ3n) is 25.6. The van der Waals surface area contributed by atoms with Gasteiger partial charge in [-0.2, -0.15) is 0 Å².